The molecular weight excluding hydrogens is 326 g/mol. The van der Waals surface area contributed by atoms with Crippen molar-refractivity contribution < 1.29 is 4.79 Å². The fourth-order valence-corrected chi connectivity index (χ4v) is 2.65. The maximum absolute atomic E-state index is 12.1. The van der Waals surface area contributed by atoms with E-state index in [0.717, 1.165) is 16.9 Å². The van der Waals surface area contributed by atoms with Crippen LogP contribution >= 0.6 is 0 Å². The van der Waals surface area contributed by atoms with Crippen LogP contribution in [0, 0.1) is 6.92 Å². The van der Waals surface area contributed by atoms with Crippen LogP contribution in [0.5, 0.6) is 0 Å². The molecule has 2 heterocycles. The second-order valence-corrected chi connectivity index (χ2v) is 6.60. The first-order valence-corrected chi connectivity index (χ1v) is 8.71. The highest BCUT2D eigenvalue weighted by Gasteiger charge is 2.08. The van der Waals surface area contributed by atoms with Crippen LogP contribution in [0.15, 0.2) is 48.8 Å². The summed E-state index contributed by atoms with van der Waals surface area (Å²) < 4.78 is 1.72. The lowest BCUT2D eigenvalue weighted by molar-refractivity contribution is -0.120. The van der Waals surface area contributed by atoms with Crippen molar-refractivity contribution >= 4 is 5.91 Å². The van der Waals surface area contributed by atoms with Crippen LogP contribution in [-0.2, 0) is 17.8 Å². The molecule has 0 aliphatic heterocycles. The quantitative estimate of drug-likeness (QED) is 0.742. The molecule has 1 N–H and O–H groups in total. The van der Waals surface area contributed by atoms with Gasteiger partial charge in [-0.3, -0.25) is 9.78 Å². The van der Waals surface area contributed by atoms with Gasteiger partial charge in [-0.2, -0.15) is 0 Å². The van der Waals surface area contributed by atoms with E-state index < -0.39 is 0 Å². The number of aromatic nitrogens is 4. The van der Waals surface area contributed by atoms with E-state index in [2.05, 4.69) is 46.6 Å². The molecule has 134 valence electrons. The summed E-state index contributed by atoms with van der Waals surface area (Å²) in [6.45, 7) is 6.58. The number of pyridine rings is 1. The molecule has 0 atom stereocenters. The molecule has 26 heavy (non-hydrogen) atoms. The molecule has 3 rings (SSSR count). The Labute approximate surface area is 153 Å². The zero-order valence-electron chi connectivity index (χ0n) is 15.3. The average Bonchev–Trinajstić information content (AvgIpc) is 3.11. The maximum atomic E-state index is 12.1. The number of nitrogens with one attached hydrogen (secondary N) is 1. The van der Waals surface area contributed by atoms with E-state index in [9.17, 15) is 4.79 Å². The van der Waals surface area contributed by atoms with Crippen molar-refractivity contribution in [3.63, 3.8) is 0 Å². The molecule has 0 bridgehead atoms. The number of rotatable bonds is 6. The highest BCUT2D eigenvalue weighted by Crippen LogP contribution is 2.16. The molecule has 6 heteroatoms. The molecular formula is C20H23N5O. The SMILES string of the molecule is Cc1ncccc1CC(=O)NCc1cn(-c2ccc(C(C)C)cc2)nn1. The largest absolute Gasteiger partial charge is 0.350 e. The van der Waals surface area contributed by atoms with E-state index in [0.29, 0.717) is 24.6 Å². The van der Waals surface area contributed by atoms with Crippen molar-refractivity contribution in [3.8, 4) is 5.69 Å². The molecule has 6 nitrogen and oxygen atoms in total. The van der Waals surface area contributed by atoms with Crippen LogP contribution in [-0.4, -0.2) is 25.9 Å². The number of carbonyl (C=O) groups is 1. The zero-order valence-corrected chi connectivity index (χ0v) is 15.3. The summed E-state index contributed by atoms with van der Waals surface area (Å²) >= 11 is 0. The normalized spacial score (nSPS) is 10.9. The zero-order chi connectivity index (χ0) is 18.5. The Morgan fingerprint density at radius 1 is 1.19 bits per heavy atom. The second kappa shape index (κ2) is 7.91. The van der Waals surface area contributed by atoms with E-state index in [1.165, 1.54) is 5.56 Å². The first kappa shape index (κ1) is 17.8. The average molecular weight is 349 g/mol. The van der Waals surface area contributed by atoms with Gasteiger partial charge in [0.05, 0.1) is 24.8 Å². The molecule has 3 aromatic rings. The van der Waals surface area contributed by atoms with Gasteiger partial charge in [-0.25, -0.2) is 4.68 Å². The van der Waals surface area contributed by atoms with Gasteiger partial charge in [0.2, 0.25) is 5.91 Å². The number of hydrogen-bond donors (Lipinski definition) is 1. The van der Waals surface area contributed by atoms with E-state index in [1.54, 1.807) is 10.9 Å². The lowest BCUT2D eigenvalue weighted by Gasteiger charge is -2.06. The van der Waals surface area contributed by atoms with Crippen molar-refractivity contribution in [1.82, 2.24) is 25.3 Å². The van der Waals surface area contributed by atoms with Gasteiger partial charge >= 0.3 is 0 Å². The molecule has 0 unspecified atom stereocenters. The summed E-state index contributed by atoms with van der Waals surface area (Å²) in [6, 6.07) is 12.0. The van der Waals surface area contributed by atoms with E-state index in [4.69, 9.17) is 0 Å². The van der Waals surface area contributed by atoms with Gasteiger partial charge in [-0.05, 0) is 42.2 Å². The summed E-state index contributed by atoms with van der Waals surface area (Å²) in [5.74, 6) is 0.436. The van der Waals surface area contributed by atoms with Crippen LogP contribution in [0.2, 0.25) is 0 Å². The van der Waals surface area contributed by atoms with Crippen molar-refractivity contribution in [1.29, 1.82) is 0 Å². The highest BCUT2D eigenvalue weighted by molar-refractivity contribution is 5.78. The molecule has 0 saturated heterocycles. The molecule has 0 radical (unpaired) electrons. The topological polar surface area (TPSA) is 72.7 Å². The third kappa shape index (κ3) is 4.33. The number of carbonyl (C=O) groups excluding carboxylic acids is 1. The lowest BCUT2D eigenvalue weighted by Crippen LogP contribution is -2.25. The first-order chi connectivity index (χ1) is 12.5. The first-order valence-electron chi connectivity index (χ1n) is 8.71. The Balaban J connectivity index is 1.58. The lowest BCUT2D eigenvalue weighted by atomic mass is 10.0. The van der Waals surface area contributed by atoms with Crippen molar-refractivity contribution in [3.05, 3.63) is 71.3 Å². The second-order valence-electron chi connectivity index (χ2n) is 6.60. The number of amides is 1. The van der Waals surface area contributed by atoms with Gasteiger partial charge in [-0.1, -0.05) is 37.3 Å². The number of benzene rings is 1. The number of nitrogens with zero attached hydrogens (tertiary/aromatic N) is 4. The van der Waals surface area contributed by atoms with Gasteiger partial charge in [0.15, 0.2) is 0 Å². The Hall–Kier alpha value is -3.02. The number of hydrogen-bond acceptors (Lipinski definition) is 4. The predicted octanol–water partition coefficient (Wildman–Crippen LogP) is 2.95. The molecule has 2 aromatic heterocycles. The fraction of sp³-hybridized carbons (Fsp3) is 0.300. The van der Waals surface area contributed by atoms with Gasteiger partial charge in [0, 0.05) is 11.9 Å². The van der Waals surface area contributed by atoms with E-state index in [-0.39, 0.29) is 5.91 Å². The standard InChI is InChI=1S/C20H23N5O/c1-14(2)16-6-8-19(9-7-16)25-13-18(23-24-25)12-22-20(26)11-17-5-4-10-21-15(17)3/h4-10,13-14H,11-12H2,1-3H3,(H,22,26). The summed E-state index contributed by atoms with van der Waals surface area (Å²) in [5, 5.41) is 11.2. The Bertz CT molecular complexity index is 883. The molecule has 0 fully saturated rings. The maximum Gasteiger partial charge on any atom is 0.224 e. The third-order valence-electron chi connectivity index (χ3n) is 4.30. The molecule has 0 aliphatic rings. The van der Waals surface area contributed by atoms with Gasteiger partial charge in [0.25, 0.3) is 0 Å². The molecule has 0 aliphatic carbocycles. The van der Waals surface area contributed by atoms with E-state index >= 15 is 0 Å². The Morgan fingerprint density at radius 2 is 1.96 bits per heavy atom. The van der Waals surface area contributed by atoms with Gasteiger partial charge in [0.1, 0.15) is 5.69 Å². The van der Waals surface area contributed by atoms with Crippen LogP contribution in [0.25, 0.3) is 5.69 Å². The third-order valence-corrected chi connectivity index (χ3v) is 4.30. The summed E-state index contributed by atoms with van der Waals surface area (Å²) in [6.07, 6.45) is 3.87. The Morgan fingerprint density at radius 3 is 2.65 bits per heavy atom. The molecule has 1 aromatic carbocycles. The Kier molecular flexibility index (Phi) is 5.41. The summed E-state index contributed by atoms with van der Waals surface area (Å²) in [7, 11) is 0. The highest BCUT2D eigenvalue weighted by atomic mass is 16.1. The minimum Gasteiger partial charge on any atom is -0.350 e. The van der Waals surface area contributed by atoms with Crippen molar-refractivity contribution in [2.45, 2.75) is 39.7 Å². The van der Waals surface area contributed by atoms with Gasteiger partial charge < -0.3 is 5.32 Å². The predicted molar refractivity (Wildman–Crippen MR) is 100.0 cm³/mol. The fourth-order valence-electron chi connectivity index (χ4n) is 2.65. The van der Waals surface area contributed by atoms with E-state index in [1.807, 2.05) is 37.4 Å². The monoisotopic (exact) mass is 349 g/mol. The minimum absolute atomic E-state index is 0.0584. The van der Waals surface area contributed by atoms with Crippen LogP contribution in [0.3, 0.4) is 0 Å². The molecule has 0 saturated carbocycles. The smallest absolute Gasteiger partial charge is 0.224 e. The summed E-state index contributed by atoms with van der Waals surface area (Å²) in [4.78, 5) is 16.3. The minimum atomic E-state index is -0.0584. The molecule has 1 amide bonds. The van der Waals surface area contributed by atoms with Crippen molar-refractivity contribution in [2.24, 2.45) is 0 Å². The van der Waals surface area contributed by atoms with Crippen molar-refractivity contribution in [2.75, 3.05) is 0 Å². The molecule has 0 spiro atoms. The van der Waals surface area contributed by atoms with Crippen LogP contribution in [0.4, 0.5) is 0 Å². The van der Waals surface area contributed by atoms with Crippen LogP contribution < -0.4 is 5.32 Å². The van der Waals surface area contributed by atoms with Crippen LogP contribution in [0.1, 0.15) is 42.3 Å². The van der Waals surface area contributed by atoms with Gasteiger partial charge in [-0.15, -0.1) is 5.10 Å². The number of aryl methyl sites for hydroxylation is 1. The summed E-state index contributed by atoms with van der Waals surface area (Å²) in [5.41, 5.74) is 4.75.